The van der Waals surface area contributed by atoms with Crippen molar-refractivity contribution in [2.45, 2.75) is 12.5 Å². The molecule has 1 aliphatic heterocycles. The first-order chi connectivity index (χ1) is 8.11. The van der Waals surface area contributed by atoms with Gasteiger partial charge in [0.15, 0.2) is 0 Å². The van der Waals surface area contributed by atoms with Crippen LogP contribution in [0.1, 0.15) is 16.8 Å². The van der Waals surface area contributed by atoms with Gasteiger partial charge in [-0.1, -0.05) is 0 Å². The minimum Gasteiger partial charge on any atom is -0.497 e. The molecule has 2 rings (SSSR count). The molecule has 92 valence electrons. The second kappa shape index (κ2) is 4.63. The fraction of sp³-hybridized carbons (Fsp3) is 0.417. The van der Waals surface area contributed by atoms with Crippen LogP contribution in [0.25, 0.3) is 0 Å². The summed E-state index contributed by atoms with van der Waals surface area (Å²) in [6.07, 6.45) is 0.195. The Balaban J connectivity index is 2.24. The van der Waals surface area contributed by atoms with Crippen molar-refractivity contribution in [3.05, 3.63) is 23.8 Å². The van der Waals surface area contributed by atoms with Crippen LogP contribution in [-0.4, -0.2) is 42.2 Å². The number of carbonyl (C=O) groups excluding carboxylic acids is 1. The van der Waals surface area contributed by atoms with Crippen molar-refractivity contribution in [3.8, 4) is 5.75 Å². The summed E-state index contributed by atoms with van der Waals surface area (Å²) in [6.45, 7) is 0.937. The predicted octanol–water partition coefficient (Wildman–Crippen LogP) is 0.484. The maximum absolute atomic E-state index is 12.2. The third kappa shape index (κ3) is 2.34. The summed E-state index contributed by atoms with van der Waals surface area (Å²) >= 11 is 0. The Kier molecular flexibility index (Phi) is 3.19. The molecule has 1 aliphatic rings. The van der Waals surface area contributed by atoms with Gasteiger partial charge in [0.1, 0.15) is 5.75 Å². The number of hydrogen-bond donors (Lipinski definition) is 2. The fourth-order valence-electron chi connectivity index (χ4n) is 1.94. The van der Waals surface area contributed by atoms with Crippen molar-refractivity contribution in [1.82, 2.24) is 4.90 Å². The van der Waals surface area contributed by atoms with Crippen molar-refractivity contribution < 1.29 is 14.6 Å². The fourth-order valence-corrected chi connectivity index (χ4v) is 1.94. The summed E-state index contributed by atoms with van der Waals surface area (Å²) < 4.78 is 5.07. The van der Waals surface area contributed by atoms with Crippen LogP contribution in [0.15, 0.2) is 18.2 Å². The van der Waals surface area contributed by atoms with E-state index in [9.17, 15) is 9.90 Å². The van der Waals surface area contributed by atoms with Gasteiger partial charge in [-0.2, -0.15) is 0 Å². The monoisotopic (exact) mass is 236 g/mol. The molecule has 1 atom stereocenters. The lowest BCUT2D eigenvalue weighted by Crippen LogP contribution is -2.30. The van der Waals surface area contributed by atoms with Crippen LogP contribution in [-0.2, 0) is 0 Å². The van der Waals surface area contributed by atoms with E-state index in [4.69, 9.17) is 10.5 Å². The quantitative estimate of drug-likeness (QED) is 0.732. The Morgan fingerprint density at radius 3 is 2.94 bits per heavy atom. The molecule has 1 amide bonds. The third-order valence-corrected chi connectivity index (χ3v) is 2.94. The van der Waals surface area contributed by atoms with Gasteiger partial charge in [0.2, 0.25) is 0 Å². The number of ether oxygens (including phenoxy) is 1. The Hall–Kier alpha value is -1.75. The molecule has 0 radical (unpaired) electrons. The van der Waals surface area contributed by atoms with Gasteiger partial charge in [-0.05, 0) is 24.6 Å². The van der Waals surface area contributed by atoms with Gasteiger partial charge < -0.3 is 20.5 Å². The normalized spacial score (nSPS) is 19.4. The van der Waals surface area contributed by atoms with Crippen LogP contribution in [0.5, 0.6) is 5.75 Å². The van der Waals surface area contributed by atoms with Gasteiger partial charge in [0.05, 0.1) is 18.8 Å². The molecule has 0 aliphatic carbocycles. The number of anilines is 1. The second-order valence-corrected chi connectivity index (χ2v) is 4.15. The summed E-state index contributed by atoms with van der Waals surface area (Å²) in [5.41, 5.74) is 6.64. The first kappa shape index (κ1) is 11.7. The summed E-state index contributed by atoms with van der Waals surface area (Å²) in [4.78, 5) is 13.8. The number of aliphatic hydroxyl groups excluding tert-OH is 1. The van der Waals surface area contributed by atoms with Gasteiger partial charge in [-0.15, -0.1) is 0 Å². The molecule has 1 aromatic carbocycles. The topological polar surface area (TPSA) is 75.8 Å². The molecule has 1 fully saturated rings. The van der Waals surface area contributed by atoms with E-state index < -0.39 is 6.10 Å². The van der Waals surface area contributed by atoms with Crippen LogP contribution in [0, 0.1) is 0 Å². The Labute approximate surface area is 99.8 Å². The molecule has 1 saturated heterocycles. The summed E-state index contributed by atoms with van der Waals surface area (Å²) in [6, 6.07) is 4.99. The standard InChI is InChI=1S/C12H16N2O3/c1-17-9-2-3-11(13)10(6-9)12(16)14-5-4-8(15)7-14/h2-3,6,8,15H,4-5,7,13H2,1H3/t8-/m1/s1. The molecule has 0 unspecified atom stereocenters. The van der Waals surface area contributed by atoms with Crippen molar-refractivity contribution in [2.24, 2.45) is 0 Å². The molecule has 5 nitrogen and oxygen atoms in total. The van der Waals surface area contributed by atoms with Gasteiger partial charge in [-0.25, -0.2) is 0 Å². The van der Waals surface area contributed by atoms with Crippen LogP contribution >= 0.6 is 0 Å². The number of nitrogens with two attached hydrogens (primary N) is 1. The van der Waals surface area contributed by atoms with E-state index in [1.54, 1.807) is 30.2 Å². The van der Waals surface area contributed by atoms with Crippen molar-refractivity contribution in [3.63, 3.8) is 0 Å². The number of nitrogens with zero attached hydrogens (tertiary/aromatic N) is 1. The van der Waals surface area contributed by atoms with Crippen molar-refractivity contribution >= 4 is 11.6 Å². The van der Waals surface area contributed by atoms with Crippen molar-refractivity contribution in [1.29, 1.82) is 0 Å². The lowest BCUT2D eigenvalue weighted by molar-refractivity contribution is 0.0765. The second-order valence-electron chi connectivity index (χ2n) is 4.15. The SMILES string of the molecule is COc1ccc(N)c(C(=O)N2CC[C@@H](O)C2)c1. The van der Waals surface area contributed by atoms with E-state index in [0.717, 1.165) is 0 Å². The van der Waals surface area contributed by atoms with E-state index in [2.05, 4.69) is 0 Å². The number of amides is 1. The summed E-state index contributed by atoms with van der Waals surface area (Å²) in [5.74, 6) is 0.445. The Bertz CT molecular complexity index is 434. The molecule has 1 heterocycles. The number of β-amino-alcohol motifs (C(OH)–C–C–N with tert-alkyl or cyclic N) is 1. The number of hydrogen-bond acceptors (Lipinski definition) is 4. The van der Waals surface area contributed by atoms with E-state index in [1.165, 1.54) is 0 Å². The van der Waals surface area contributed by atoms with Gasteiger partial charge in [0, 0.05) is 18.8 Å². The van der Waals surface area contributed by atoms with Gasteiger partial charge >= 0.3 is 0 Å². The molecular weight excluding hydrogens is 220 g/mol. The number of aliphatic hydroxyl groups is 1. The van der Waals surface area contributed by atoms with Crippen LogP contribution in [0.3, 0.4) is 0 Å². The highest BCUT2D eigenvalue weighted by atomic mass is 16.5. The minimum atomic E-state index is -0.425. The zero-order valence-corrected chi connectivity index (χ0v) is 9.72. The van der Waals surface area contributed by atoms with Gasteiger partial charge in [0.25, 0.3) is 5.91 Å². The van der Waals surface area contributed by atoms with Crippen LogP contribution in [0.2, 0.25) is 0 Å². The smallest absolute Gasteiger partial charge is 0.256 e. The summed E-state index contributed by atoms with van der Waals surface area (Å²) in [5, 5.41) is 9.42. The number of rotatable bonds is 2. The van der Waals surface area contributed by atoms with E-state index >= 15 is 0 Å². The first-order valence-electron chi connectivity index (χ1n) is 5.52. The van der Waals surface area contributed by atoms with Crippen LogP contribution in [0.4, 0.5) is 5.69 Å². The molecule has 17 heavy (non-hydrogen) atoms. The third-order valence-electron chi connectivity index (χ3n) is 2.94. The molecule has 5 heteroatoms. The van der Waals surface area contributed by atoms with Gasteiger partial charge in [-0.3, -0.25) is 4.79 Å². The molecule has 0 bridgehead atoms. The van der Waals surface area contributed by atoms with E-state index in [-0.39, 0.29) is 5.91 Å². The lowest BCUT2D eigenvalue weighted by atomic mass is 10.1. The lowest BCUT2D eigenvalue weighted by Gasteiger charge is -2.17. The highest BCUT2D eigenvalue weighted by Gasteiger charge is 2.26. The average Bonchev–Trinajstić information content (AvgIpc) is 2.76. The predicted molar refractivity (Wildman–Crippen MR) is 63.9 cm³/mol. The molecule has 3 N–H and O–H groups in total. The first-order valence-corrected chi connectivity index (χ1v) is 5.52. The number of benzene rings is 1. The molecule has 0 aromatic heterocycles. The molecular formula is C12H16N2O3. The maximum atomic E-state index is 12.2. The zero-order chi connectivity index (χ0) is 12.4. The molecule has 1 aromatic rings. The molecule has 0 spiro atoms. The Morgan fingerprint density at radius 2 is 2.35 bits per heavy atom. The summed E-state index contributed by atoms with van der Waals surface area (Å²) in [7, 11) is 1.54. The highest BCUT2D eigenvalue weighted by molar-refractivity contribution is 5.99. The maximum Gasteiger partial charge on any atom is 0.256 e. The largest absolute Gasteiger partial charge is 0.497 e. The minimum absolute atomic E-state index is 0.155. The number of likely N-dealkylation sites (tertiary alicyclic amines) is 1. The van der Waals surface area contributed by atoms with Crippen molar-refractivity contribution in [2.75, 3.05) is 25.9 Å². The average molecular weight is 236 g/mol. The molecule has 0 saturated carbocycles. The van der Waals surface area contributed by atoms with Crippen LogP contribution < -0.4 is 10.5 Å². The van der Waals surface area contributed by atoms with E-state index in [1.807, 2.05) is 0 Å². The number of methoxy groups -OCH3 is 1. The number of carbonyl (C=O) groups is 1. The number of nitrogen functional groups attached to an aromatic ring is 1. The zero-order valence-electron chi connectivity index (χ0n) is 9.72. The Morgan fingerprint density at radius 1 is 1.59 bits per heavy atom. The van der Waals surface area contributed by atoms with E-state index in [0.29, 0.717) is 36.5 Å². The highest BCUT2D eigenvalue weighted by Crippen LogP contribution is 2.22.